The summed E-state index contributed by atoms with van der Waals surface area (Å²) >= 11 is 5.03. The van der Waals surface area contributed by atoms with Crippen LogP contribution in [0.25, 0.3) is 80.7 Å². The number of pyridine rings is 1. The van der Waals surface area contributed by atoms with Crippen LogP contribution in [0.4, 0.5) is 0 Å². The van der Waals surface area contributed by atoms with Gasteiger partial charge in [-0.25, -0.2) is 15.0 Å². The average molecular weight is 620 g/mol. The Morgan fingerprint density at radius 1 is 0.523 bits per heavy atom. The minimum atomic E-state index is 0.952. The van der Waals surface area contributed by atoms with E-state index in [0.717, 1.165) is 69.9 Å². The van der Waals surface area contributed by atoms with Crippen molar-refractivity contribution in [3.63, 3.8) is 0 Å². The molecule has 0 radical (unpaired) electrons. The molecule has 0 bridgehead atoms. The third-order valence-corrected chi connectivity index (χ3v) is 10.5. The van der Waals surface area contributed by atoms with E-state index in [9.17, 15) is 0 Å². The molecule has 5 heterocycles. The van der Waals surface area contributed by atoms with Crippen molar-refractivity contribution in [3.05, 3.63) is 126 Å². The second-order valence-corrected chi connectivity index (χ2v) is 13.3. The van der Waals surface area contributed by atoms with E-state index in [2.05, 4.69) is 104 Å². The average Bonchev–Trinajstić information content (AvgIpc) is 3.90. The fraction of sp³-hybridized carbons (Fsp3) is 0. The first-order valence-corrected chi connectivity index (χ1v) is 16.7. The molecule has 0 amide bonds. The summed E-state index contributed by atoms with van der Waals surface area (Å²) < 4.78 is 3.52. The number of benzene rings is 4. The van der Waals surface area contributed by atoms with E-state index in [1.54, 1.807) is 34.0 Å². The van der Waals surface area contributed by atoms with Gasteiger partial charge in [-0.15, -0.1) is 34.0 Å². The highest BCUT2D eigenvalue weighted by molar-refractivity contribution is 7.21. The van der Waals surface area contributed by atoms with Crippen LogP contribution in [0.2, 0.25) is 0 Å². The maximum atomic E-state index is 5.05. The van der Waals surface area contributed by atoms with Gasteiger partial charge in [0.2, 0.25) is 0 Å². The molecule has 4 aromatic carbocycles. The lowest BCUT2D eigenvalue weighted by Crippen LogP contribution is -1.95. The first-order chi connectivity index (χ1) is 21.8. The lowest BCUT2D eigenvalue weighted by molar-refractivity contribution is 1.18. The molecule has 8 heteroatoms. The summed E-state index contributed by atoms with van der Waals surface area (Å²) in [6.45, 7) is 0. The Balaban J connectivity index is 1.25. The highest BCUT2D eigenvalue weighted by Crippen LogP contribution is 2.40. The second kappa shape index (κ2) is 10.3. The minimum Gasteiger partial charge on any atom is -0.309 e. The van der Waals surface area contributed by atoms with Gasteiger partial charge in [-0.3, -0.25) is 4.98 Å². The van der Waals surface area contributed by atoms with Crippen molar-refractivity contribution in [2.45, 2.75) is 0 Å². The lowest BCUT2D eigenvalue weighted by atomic mass is 10.1. The van der Waals surface area contributed by atoms with E-state index in [-0.39, 0.29) is 0 Å². The Bertz CT molecular complexity index is 2440. The van der Waals surface area contributed by atoms with Crippen LogP contribution in [0.3, 0.4) is 0 Å². The molecular formula is C36H21N5S3. The fourth-order valence-electron chi connectivity index (χ4n) is 5.82. The van der Waals surface area contributed by atoms with Crippen molar-refractivity contribution in [2.75, 3.05) is 0 Å². The van der Waals surface area contributed by atoms with Gasteiger partial charge in [0, 0.05) is 68.1 Å². The SMILES string of the molecule is c1ccc(-c2cccc(-n3c4ccc(-c5nccs5)cc4c4ccc(-c5nc6ccc(-c7nccs7)cc6s5)cc43)c2)nc1. The van der Waals surface area contributed by atoms with Crippen LogP contribution in [-0.4, -0.2) is 24.5 Å². The quantitative estimate of drug-likeness (QED) is 0.192. The molecule has 0 spiro atoms. The highest BCUT2D eigenvalue weighted by Gasteiger charge is 2.17. The van der Waals surface area contributed by atoms with Gasteiger partial charge in [0.1, 0.15) is 15.0 Å². The molecule has 0 atom stereocenters. The summed E-state index contributed by atoms with van der Waals surface area (Å²) in [5.74, 6) is 0. The molecule has 0 saturated heterocycles. The van der Waals surface area contributed by atoms with Crippen LogP contribution < -0.4 is 0 Å². The zero-order valence-electron chi connectivity index (χ0n) is 23.1. The molecular weight excluding hydrogens is 599 g/mol. The van der Waals surface area contributed by atoms with Crippen molar-refractivity contribution in [1.82, 2.24) is 24.5 Å². The van der Waals surface area contributed by atoms with Crippen molar-refractivity contribution in [3.8, 4) is 48.7 Å². The molecule has 0 aliphatic heterocycles. The lowest BCUT2D eigenvalue weighted by Gasteiger charge is -2.10. The molecule has 5 nitrogen and oxygen atoms in total. The van der Waals surface area contributed by atoms with Gasteiger partial charge < -0.3 is 4.57 Å². The van der Waals surface area contributed by atoms with Crippen molar-refractivity contribution < 1.29 is 0 Å². The smallest absolute Gasteiger partial charge is 0.124 e. The molecule has 0 aliphatic carbocycles. The number of hydrogen-bond acceptors (Lipinski definition) is 7. The Morgan fingerprint density at radius 3 is 2.11 bits per heavy atom. The maximum absolute atomic E-state index is 5.05. The maximum Gasteiger partial charge on any atom is 0.124 e. The van der Waals surface area contributed by atoms with Crippen LogP contribution in [0.1, 0.15) is 0 Å². The minimum absolute atomic E-state index is 0.952. The highest BCUT2D eigenvalue weighted by atomic mass is 32.1. The molecule has 0 aliphatic rings. The van der Waals surface area contributed by atoms with Crippen LogP contribution in [0.15, 0.2) is 126 Å². The van der Waals surface area contributed by atoms with E-state index >= 15 is 0 Å². The van der Waals surface area contributed by atoms with Gasteiger partial charge >= 0.3 is 0 Å². The van der Waals surface area contributed by atoms with Gasteiger partial charge in [0.15, 0.2) is 0 Å². The summed E-state index contributed by atoms with van der Waals surface area (Å²) in [7, 11) is 0. The fourth-order valence-corrected chi connectivity index (χ4v) is 8.09. The van der Waals surface area contributed by atoms with Gasteiger partial charge in [-0.2, -0.15) is 0 Å². The topological polar surface area (TPSA) is 56.5 Å². The molecule has 9 aromatic rings. The van der Waals surface area contributed by atoms with Gasteiger partial charge in [-0.1, -0.05) is 30.3 Å². The van der Waals surface area contributed by atoms with E-state index in [0.29, 0.717) is 0 Å². The Labute approximate surface area is 264 Å². The molecule has 9 rings (SSSR count). The first kappa shape index (κ1) is 25.5. The van der Waals surface area contributed by atoms with Gasteiger partial charge in [0.05, 0.1) is 26.9 Å². The standard InChI is InChI=1S/C36H21N5S3/c1-2-13-37-29(6-1)22-4-3-5-26(18-22)41-31-12-9-23(34-38-14-16-42-34)19-28(31)27-10-7-24(20-32(27)41)36-40-30-11-8-25(21-33(30)44-36)35-39-15-17-43-35/h1-21H. The normalized spacial score (nSPS) is 11.6. The zero-order chi connectivity index (χ0) is 29.0. The number of hydrogen-bond donors (Lipinski definition) is 0. The van der Waals surface area contributed by atoms with E-state index in [1.807, 2.05) is 41.5 Å². The number of rotatable bonds is 5. The van der Waals surface area contributed by atoms with Crippen LogP contribution >= 0.6 is 34.0 Å². The Morgan fingerprint density at radius 2 is 1.32 bits per heavy atom. The number of thiazole rings is 3. The summed E-state index contributed by atoms with van der Waals surface area (Å²) in [6, 6.07) is 34.5. The van der Waals surface area contributed by atoms with E-state index in [1.165, 1.54) is 10.8 Å². The third kappa shape index (κ3) is 4.26. The first-order valence-electron chi connectivity index (χ1n) is 14.1. The monoisotopic (exact) mass is 619 g/mol. The van der Waals surface area contributed by atoms with Gasteiger partial charge in [0.25, 0.3) is 0 Å². The van der Waals surface area contributed by atoms with Crippen molar-refractivity contribution >= 4 is 66.0 Å². The molecule has 0 saturated carbocycles. The predicted molar refractivity (Wildman–Crippen MR) is 185 cm³/mol. The van der Waals surface area contributed by atoms with E-state index < -0.39 is 0 Å². The van der Waals surface area contributed by atoms with Crippen LogP contribution in [0, 0.1) is 0 Å². The third-order valence-electron chi connectivity index (χ3n) is 7.83. The summed E-state index contributed by atoms with van der Waals surface area (Å²) in [5, 5.41) is 9.47. The van der Waals surface area contributed by atoms with E-state index in [4.69, 9.17) is 4.98 Å². The molecule has 0 fully saturated rings. The zero-order valence-corrected chi connectivity index (χ0v) is 25.5. The predicted octanol–water partition coefficient (Wildman–Crippen LogP) is 10.4. The second-order valence-electron chi connectivity index (χ2n) is 10.4. The van der Waals surface area contributed by atoms with Crippen molar-refractivity contribution in [2.24, 2.45) is 0 Å². The molecule has 208 valence electrons. The largest absolute Gasteiger partial charge is 0.309 e. The Hall–Kier alpha value is -5.02. The summed E-state index contributed by atoms with van der Waals surface area (Å²) in [6.07, 6.45) is 5.55. The van der Waals surface area contributed by atoms with Crippen molar-refractivity contribution in [1.29, 1.82) is 0 Å². The van der Waals surface area contributed by atoms with Crippen LogP contribution in [0.5, 0.6) is 0 Å². The number of nitrogens with zero attached hydrogens (tertiary/aromatic N) is 5. The van der Waals surface area contributed by atoms with Crippen LogP contribution in [-0.2, 0) is 0 Å². The summed E-state index contributed by atoms with van der Waals surface area (Å²) in [4.78, 5) is 18.7. The summed E-state index contributed by atoms with van der Waals surface area (Å²) in [5.41, 5.74) is 9.75. The molecule has 0 unspecified atom stereocenters. The molecule has 0 N–H and O–H groups in total. The van der Waals surface area contributed by atoms with Gasteiger partial charge in [-0.05, 0) is 66.7 Å². The molecule has 5 aromatic heterocycles. The molecule has 44 heavy (non-hydrogen) atoms. The number of fused-ring (bicyclic) bond motifs is 4. The number of aromatic nitrogens is 5. The Kier molecular flexibility index (Phi) is 5.97.